The number of halogens is 2. The molecule has 0 bridgehead atoms. The SMILES string of the molecule is O=C(CBr)c1ccc2nc(F)oc2c1. The van der Waals surface area contributed by atoms with E-state index in [9.17, 15) is 9.18 Å². The highest BCUT2D eigenvalue weighted by molar-refractivity contribution is 9.09. The Balaban J connectivity index is 2.55. The van der Waals surface area contributed by atoms with Gasteiger partial charge in [-0.3, -0.25) is 4.79 Å². The molecule has 2 aromatic rings. The van der Waals surface area contributed by atoms with E-state index in [1.807, 2.05) is 0 Å². The molecule has 14 heavy (non-hydrogen) atoms. The molecule has 0 spiro atoms. The van der Waals surface area contributed by atoms with Gasteiger partial charge in [-0.2, -0.15) is 4.98 Å². The van der Waals surface area contributed by atoms with Gasteiger partial charge in [0, 0.05) is 5.56 Å². The van der Waals surface area contributed by atoms with E-state index in [4.69, 9.17) is 0 Å². The summed E-state index contributed by atoms with van der Waals surface area (Å²) >= 11 is 3.05. The Labute approximate surface area is 87.1 Å². The first-order valence-electron chi connectivity index (χ1n) is 3.86. The summed E-state index contributed by atoms with van der Waals surface area (Å²) in [6, 6.07) is 4.63. The van der Waals surface area contributed by atoms with Gasteiger partial charge in [0.15, 0.2) is 11.4 Å². The maximum atomic E-state index is 12.6. The van der Waals surface area contributed by atoms with E-state index in [0.717, 1.165) is 0 Å². The molecule has 3 nitrogen and oxygen atoms in total. The van der Waals surface area contributed by atoms with Crippen LogP contribution < -0.4 is 0 Å². The smallest absolute Gasteiger partial charge is 0.382 e. The number of fused-ring (bicyclic) bond motifs is 1. The van der Waals surface area contributed by atoms with Crippen LogP contribution in [-0.2, 0) is 0 Å². The Hall–Kier alpha value is -1.23. The summed E-state index contributed by atoms with van der Waals surface area (Å²) in [5.41, 5.74) is 1.17. The lowest BCUT2D eigenvalue weighted by Crippen LogP contribution is -1.98. The molecule has 2 rings (SSSR count). The number of oxazole rings is 1. The molecule has 0 aliphatic rings. The minimum absolute atomic E-state index is 0.0799. The maximum Gasteiger partial charge on any atom is 0.382 e. The van der Waals surface area contributed by atoms with Crippen molar-refractivity contribution in [3.05, 3.63) is 29.9 Å². The van der Waals surface area contributed by atoms with Crippen LogP contribution in [0.1, 0.15) is 10.4 Å². The zero-order valence-corrected chi connectivity index (χ0v) is 8.54. The third kappa shape index (κ3) is 1.55. The summed E-state index contributed by atoms with van der Waals surface area (Å²) in [5, 5.41) is 0.231. The lowest BCUT2D eigenvalue weighted by atomic mass is 10.1. The number of nitrogens with zero attached hydrogens (tertiary/aromatic N) is 1. The van der Waals surface area contributed by atoms with Gasteiger partial charge in [0.05, 0.1) is 5.33 Å². The molecular formula is C9H5BrFNO2. The second-order valence-corrected chi connectivity index (χ2v) is 3.27. The fraction of sp³-hybridized carbons (Fsp3) is 0.111. The minimum atomic E-state index is -0.886. The number of carbonyl (C=O) groups is 1. The Morgan fingerprint density at radius 3 is 3.07 bits per heavy atom. The second kappa shape index (κ2) is 3.49. The van der Waals surface area contributed by atoms with Crippen molar-refractivity contribution >= 4 is 32.8 Å². The van der Waals surface area contributed by atoms with Crippen molar-refractivity contribution in [2.45, 2.75) is 0 Å². The number of benzene rings is 1. The number of aromatic nitrogens is 1. The first-order chi connectivity index (χ1) is 6.70. The molecule has 0 saturated carbocycles. The molecule has 0 aliphatic heterocycles. The van der Waals surface area contributed by atoms with E-state index >= 15 is 0 Å². The maximum absolute atomic E-state index is 12.6. The van der Waals surface area contributed by atoms with Crippen LogP contribution in [-0.4, -0.2) is 16.1 Å². The van der Waals surface area contributed by atoms with E-state index < -0.39 is 6.14 Å². The summed E-state index contributed by atoms with van der Waals surface area (Å²) in [4.78, 5) is 14.7. The molecule has 0 amide bonds. The summed E-state index contributed by atoms with van der Waals surface area (Å²) < 4.78 is 17.2. The van der Waals surface area contributed by atoms with Crippen LogP contribution in [0.3, 0.4) is 0 Å². The quantitative estimate of drug-likeness (QED) is 0.614. The normalized spacial score (nSPS) is 10.7. The van der Waals surface area contributed by atoms with Gasteiger partial charge in [0.1, 0.15) is 5.52 Å². The lowest BCUT2D eigenvalue weighted by Gasteiger charge is -1.94. The zero-order chi connectivity index (χ0) is 10.1. The second-order valence-electron chi connectivity index (χ2n) is 2.71. The first-order valence-corrected chi connectivity index (χ1v) is 4.98. The van der Waals surface area contributed by atoms with Gasteiger partial charge >= 0.3 is 6.14 Å². The number of Topliss-reactive ketones (excluding diaryl/α,β-unsaturated/α-hetero) is 1. The summed E-state index contributed by atoms with van der Waals surface area (Å²) in [6.07, 6.45) is -0.886. The highest BCUT2D eigenvalue weighted by Crippen LogP contribution is 2.17. The van der Waals surface area contributed by atoms with Crippen LogP contribution in [0.2, 0.25) is 0 Å². The first kappa shape index (κ1) is 9.33. The van der Waals surface area contributed by atoms with Gasteiger partial charge in [0.2, 0.25) is 0 Å². The zero-order valence-electron chi connectivity index (χ0n) is 6.96. The van der Waals surface area contributed by atoms with Crippen LogP contribution in [0.25, 0.3) is 11.1 Å². The van der Waals surface area contributed by atoms with Crippen molar-refractivity contribution in [1.82, 2.24) is 4.98 Å². The van der Waals surface area contributed by atoms with Gasteiger partial charge in [0.25, 0.3) is 0 Å². The number of rotatable bonds is 2. The van der Waals surface area contributed by atoms with Crippen molar-refractivity contribution in [3.63, 3.8) is 0 Å². The Morgan fingerprint density at radius 2 is 2.36 bits per heavy atom. The minimum Gasteiger partial charge on any atom is -0.415 e. The van der Waals surface area contributed by atoms with E-state index in [1.54, 1.807) is 12.1 Å². The van der Waals surface area contributed by atoms with Crippen LogP contribution in [0, 0.1) is 6.14 Å². The fourth-order valence-electron chi connectivity index (χ4n) is 1.15. The summed E-state index contributed by atoms with van der Waals surface area (Å²) in [5.74, 6) is -0.0799. The topological polar surface area (TPSA) is 43.1 Å². The predicted molar refractivity (Wildman–Crippen MR) is 52.1 cm³/mol. The Morgan fingerprint density at radius 1 is 1.57 bits per heavy atom. The van der Waals surface area contributed by atoms with Gasteiger partial charge in [-0.25, -0.2) is 0 Å². The highest BCUT2D eigenvalue weighted by atomic mass is 79.9. The van der Waals surface area contributed by atoms with Crippen molar-refractivity contribution in [1.29, 1.82) is 0 Å². The average molecular weight is 258 g/mol. The van der Waals surface area contributed by atoms with E-state index in [2.05, 4.69) is 25.3 Å². The van der Waals surface area contributed by atoms with Gasteiger partial charge < -0.3 is 4.42 Å². The van der Waals surface area contributed by atoms with Crippen LogP contribution in [0.15, 0.2) is 22.6 Å². The van der Waals surface area contributed by atoms with Gasteiger partial charge in [-0.05, 0) is 18.2 Å². The molecule has 1 aromatic heterocycles. The lowest BCUT2D eigenvalue weighted by molar-refractivity contribution is 0.102. The monoisotopic (exact) mass is 257 g/mol. The van der Waals surface area contributed by atoms with Crippen LogP contribution >= 0.6 is 15.9 Å². The molecule has 0 aliphatic carbocycles. The molecule has 1 aromatic carbocycles. The molecule has 1 heterocycles. The Kier molecular flexibility index (Phi) is 2.33. The van der Waals surface area contributed by atoms with Crippen LogP contribution in [0.5, 0.6) is 0 Å². The summed E-state index contributed by atoms with van der Waals surface area (Å²) in [6.45, 7) is 0. The molecule has 0 saturated heterocycles. The molecule has 0 unspecified atom stereocenters. The van der Waals surface area contributed by atoms with E-state index in [0.29, 0.717) is 11.1 Å². The standard InChI is InChI=1S/C9H5BrFNO2/c10-4-7(13)5-1-2-6-8(3-5)14-9(11)12-6/h1-3H,4H2. The van der Waals surface area contributed by atoms with Crippen molar-refractivity contribution in [3.8, 4) is 0 Å². The number of carbonyl (C=O) groups excluding carboxylic acids is 1. The number of hydrogen-bond acceptors (Lipinski definition) is 3. The van der Waals surface area contributed by atoms with Gasteiger partial charge in [-0.15, -0.1) is 4.39 Å². The predicted octanol–water partition coefficient (Wildman–Crippen LogP) is 2.54. The van der Waals surface area contributed by atoms with Crippen LogP contribution in [0.4, 0.5) is 4.39 Å². The molecule has 0 N–H and O–H groups in total. The third-order valence-corrected chi connectivity index (χ3v) is 2.31. The Bertz CT molecular complexity index is 495. The molecule has 0 atom stereocenters. The fourth-order valence-corrected chi connectivity index (χ4v) is 1.47. The molecule has 5 heteroatoms. The average Bonchev–Trinajstić information content (AvgIpc) is 2.55. The van der Waals surface area contributed by atoms with E-state index in [-0.39, 0.29) is 16.7 Å². The number of hydrogen-bond donors (Lipinski definition) is 0. The molecule has 0 radical (unpaired) electrons. The molecule has 0 fully saturated rings. The number of alkyl halides is 1. The largest absolute Gasteiger partial charge is 0.415 e. The third-order valence-electron chi connectivity index (χ3n) is 1.81. The number of ketones is 1. The van der Waals surface area contributed by atoms with Crippen molar-refractivity contribution in [2.75, 3.05) is 5.33 Å². The van der Waals surface area contributed by atoms with E-state index in [1.165, 1.54) is 6.07 Å². The van der Waals surface area contributed by atoms with Crippen molar-refractivity contribution in [2.24, 2.45) is 0 Å². The van der Waals surface area contributed by atoms with Gasteiger partial charge in [-0.1, -0.05) is 15.9 Å². The highest BCUT2D eigenvalue weighted by Gasteiger charge is 2.09. The molecule has 72 valence electrons. The van der Waals surface area contributed by atoms with Crippen molar-refractivity contribution < 1.29 is 13.6 Å². The summed E-state index contributed by atoms with van der Waals surface area (Å²) in [7, 11) is 0. The molecular weight excluding hydrogens is 253 g/mol.